The molecular weight excluding hydrogens is 258 g/mol. The molecule has 5 heteroatoms. The Morgan fingerprint density at radius 3 is 2.40 bits per heavy atom. The molecule has 0 atom stereocenters. The van der Waals surface area contributed by atoms with Crippen LogP contribution in [0.3, 0.4) is 0 Å². The van der Waals surface area contributed by atoms with Crippen LogP contribution < -0.4 is 10.3 Å². The van der Waals surface area contributed by atoms with Gasteiger partial charge in [-0.1, -0.05) is 0 Å². The summed E-state index contributed by atoms with van der Waals surface area (Å²) in [7, 11) is 1.59. The lowest BCUT2D eigenvalue weighted by molar-refractivity contribution is 0.0524. The predicted octanol–water partition coefficient (Wildman–Crippen LogP) is 2.23. The minimum Gasteiger partial charge on any atom is -0.497 e. The van der Waals surface area contributed by atoms with Gasteiger partial charge < -0.3 is 14.5 Å². The number of benzene rings is 1. The van der Waals surface area contributed by atoms with E-state index in [4.69, 9.17) is 9.47 Å². The van der Waals surface area contributed by atoms with Crippen molar-refractivity contribution in [2.45, 2.75) is 6.92 Å². The van der Waals surface area contributed by atoms with E-state index in [2.05, 4.69) is 4.98 Å². The second-order valence-corrected chi connectivity index (χ2v) is 4.06. The van der Waals surface area contributed by atoms with Gasteiger partial charge in [0.25, 0.3) is 5.56 Å². The third kappa shape index (κ3) is 2.88. The lowest BCUT2D eigenvalue weighted by Gasteiger charge is -2.05. The van der Waals surface area contributed by atoms with Crippen molar-refractivity contribution < 1.29 is 14.3 Å². The molecule has 0 aliphatic carbocycles. The Balaban J connectivity index is 2.32. The number of aromatic nitrogens is 1. The summed E-state index contributed by atoms with van der Waals surface area (Å²) in [5.74, 6) is 0.120. The molecule has 0 bridgehead atoms. The SMILES string of the molecule is CCOC(=O)c1ccc(-c2ccc(OC)cc2)[nH]c1=O. The molecule has 0 amide bonds. The number of carbonyl (C=O) groups is 1. The number of methoxy groups -OCH3 is 1. The number of carbonyl (C=O) groups excluding carboxylic acids is 1. The van der Waals surface area contributed by atoms with Gasteiger partial charge in [-0.05, 0) is 48.9 Å². The second-order valence-electron chi connectivity index (χ2n) is 4.06. The lowest BCUT2D eigenvalue weighted by atomic mass is 10.1. The van der Waals surface area contributed by atoms with Crippen LogP contribution in [0.2, 0.25) is 0 Å². The first-order valence-corrected chi connectivity index (χ1v) is 6.20. The fourth-order valence-electron chi connectivity index (χ4n) is 1.78. The van der Waals surface area contributed by atoms with Gasteiger partial charge in [0.2, 0.25) is 0 Å². The average molecular weight is 273 g/mol. The summed E-state index contributed by atoms with van der Waals surface area (Å²) >= 11 is 0. The van der Waals surface area contributed by atoms with Crippen LogP contribution >= 0.6 is 0 Å². The molecule has 104 valence electrons. The third-order valence-corrected chi connectivity index (χ3v) is 2.81. The quantitative estimate of drug-likeness (QED) is 0.867. The van der Waals surface area contributed by atoms with Crippen LogP contribution in [0, 0.1) is 0 Å². The Labute approximate surface area is 116 Å². The number of H-pyrrole nitrogens is 1. The summed E-state index contributed by atoms with van der Waals surface area (Å²) in [5, 5.41) is 0. The number of hydrogen-bond donors (Lipinski definition) is 1. The molecule has 20 heavy (non-hydrogen) atoms. The number of aromatic amines is 1. The number of nitrogens with one attached hydrogen (secondary N) is 1. The largest absolute Gasteiger partial charge is 0.497 e. The van der Waals surface area contributed by atoms with E-state index in [1.165, 1.54) is 6.07 Å². The molecule has 0 aliphatic rings. The Hall–Kier alpha value is -2.56. The molecule has 0 unspecified atom stereocenters. The molecule has 0 saturated carbocycles. The molecule has 0 radical (unpaired) electrons. The van der Waals surface area contributed by atoms with E-state index < -0.39 is 11.5 Å². The van der Waals surface area contributed by atoms with Crippen molar-refractivity contribution in [1.29, 1.82) is 0 Å². The van der Waals surface area contributed by atoms with Crippen molar-refractivity contribution in [3.8, 4) is 17.0 Å². The van der Waals surface area contributed by atoms with E-state index in [1.54, 1.807) is 32.2 Å². The van der Waals surface area contributed by atoms with Crippen LogP contribution in [0.15, 0.2) is 41.2 Å². The van der Waals surface area contributed by atoms with E-state index in [9.17, 15) is 9.59 Å². The van der Waals surface area contributed by atoms with Crippen molar-refractivity contribution >= 4 is 5.97 Å². The smallest absolute Gasteiger partial charge is 0.343 e. The minimum absolute atomic E-state index is 0.00381. The van der Waals surface area contributed by atoms with Gasteiger partial charge in [-0.25, -0.2) is 4.79 Å². The Bertz CT molecular complexity index is 658. The lowest BCUT2D eigenvalue weighted by Crippen LogP contribution is -2.19. The zero-order chi connectivity index (χ0) is 14.5. The maximum atomic E-state index is 11.9. The van der Waals surface area contributed by atoms with Crippen molar-refractivity contribution in [2.24, 2.45) is 0 Å². The summed E-state index contributed by atoms with van der Waals surface area (Å²) in [6, 6.07) is 10.4. The molecule has 5 nitrogen and oxygen atoms in total. The molecule has 0 aliphatic heterocycles. The van der Waals surface area contributed by atoms with Gasteiger partial charge in [0.1, 0.15) is 11.3 Å². The fraction of sp³-hybridized carbons (Fsp3) is 0.200. The van der Waals surface area contributed by atoms with Gasteiger partial charge in [0.05, 0.1) is 13.7 Å². The second kappa shape index (κ2) is 6.06. The summed E-state index contributed by atoms with van der Waals surface area (Å²) in [4.78, 5) is 26.1. The normalized spacial score (nSPS) is 10.1. The van der Waals surface area contributed by atoms with Crippen molar-refractivity contribution in [1.82, 2.24) is 4.98 Å². The molecule has 1 heterocycles. The van der Waals surface area contributed by atoms with E-state index in [0.29, 0.717) is 5.69 Å². The standard InChI is InChI=1S/C15H15NO4/c1-3-20-15(18)12-8-9-13(16-14(12)17)10-4-6-11(19-2)7-5-10/h4-9H,3H2,1-2H3,(H,16,17). The third-order valence-electron chi connectivity index (χ3n) is 2.81. The predicted molar refractivity (Wildman–Crippen MR) is 75.0 cm³/mol. The first-order valence-electron chi connectivity index (χ1n) is 6.20. The zero-order valence-corrected chi connectivity index (χ0v) is 11.3. The van der Waals surface area contributed by atoms with Crippen LogP contribution in [0.1, 0.15) is 17.3 Å². The van der Waals surface area contributed by atoms with Gasteiger partial charge in [-0.2, -0.15) is 0 Å². The number of esters is 1. The zero-order valence-electron chi connectivity index (χ0n) is 11.3. The van der Waals surface area contributed by atoms with E-state index in [1.807, 2.05) is 12.1 Å². The van der Waals surface area contributed by atoms with Gasteiger partial charge in [-0.15, -0.1) is 0 Å². The molecule has 1 aromatic heterocycles. The average Bonchev–Trinajstić information content (AvgIpc) is 2.47. The Kier molecular flexibility index (Phi) is 4.20. The van der Waals surface area contributed by atoms with Gasteiger partial charge in [-0.3, -0.25) is 4.79 Å². The first kappa shape index (κ1) is 13.9. The van der Waals surface area contributed by atoms with Crippen molar-refractivity contribution in [3.05, 3.63) is 52.3 Å². The molecule has 0 fully saturated rings. The minimum atomic E-state index is -0.616. The number of rotatable bonds is 4. The number of pyridine rings is 1. The monoisotopic (exact) mass is 273 g/mol. The highest BCUT2D eigenvalue weighted by molar-refractivity contribution is 5.89. The summed E-state index contributed by atoms with van der Waals surface area (Å²) in [5.41, 5.74) is 1.00. The highest BCUT2D eigenvalue weighted by atomic mass is 16.5. The summed E-state index contributed by atoms with van der Waals surface area (Å²) in [6.45, 7) is 1.93. The van der Waals surface area contributed by atoms with Crippen LogP contribution in [-0.4, -0.2) is 24.7 Å². The maximum Gasteiger partial charge on any atom is 0.343 e. The van der Waals surface area contributed by atoms with Gasteiger partial charge in [0.15, 0.2) is 0 Å². The molecule has 1 aromatic carbocycles. The Morgan fingerprint density at radius 2 is 1.85 bits per heavy atom. The topological polar surface area (TPSA) is 68.4 Å². The van der Waals surface area contributed by atoms with Crippen LogP contribution in [0.4, 0.5) is 0 Å². The van der Waals surface area contributed by atoms with Crippen molar-refractivity contribution in [2.75, 3.05) is 13.7 Å². The fourth-order valence-corrected chi connectivity index (χ4v) is 1.78. The maximum absolute atomic E-state index is 11.9. The van der Waals surface area contributed by atoms with E-state index >= 15 is 0 Å². The molecule has 2 rings (SSSR count). The van der Waals surface area contributed by atoms with Crippen LogP contribution in [0.25, 0.3) is 11.3 Å². The Morgan fingerprint density at radius 1 is 1.15 bits per heavy atom. The highest BCUT2D eigenvalue weighted by Gasteiger charge is 2.12. The molecule has 0 spiro atoms. The van der Waals surface area contributed by atoms with E-state index in [0.717, 1.165) is 11.3 Å². The molecule has 0 saturated heterocycles. The summed E-state index contributed by atoms with van der Waals surface area (Å²) < 4.78 is 9.88. The van der Waals surface area contributed by atoms with Crippen molar-refractivity contribution in [3.63, 3.8) is 0 Å². The number of hydrogen-bond acceptors (Lipinski definition) is 4. The highest BCUT2D eigenvalue weighted by Crippen LogP contribution is 2.19. The molecule has 2 aromatic rings. The van der Waals surface area contributed by atoms with Crippen LogP contribution in [0.5, 0.6) is 5.75 Å². The summed E-state index contributed by atoms with van der Waals surface area (Å²) in [6.07, 6.45) is 0. The molecule has 1 N–H and O–H groups in total. The molecular formula is C15H15NO4. The number of ether oxygens (including phenoxy) is 2. The van der Waals surface area contributed by atoms with Crippen LogP contribution in [-0.2, 0) is 4.74 Å². The first-order chi connectivity index (χ1) is 9.65. The van der Waals surface area contributed by atoms with Gasteiger partial charge >= 0.3 is 5.97 Å². The van der Waals surface area contributed by atoms with Gasteiger partial charge in [0, 0.05) is 5.69 Å². The van der Waals surface area contributed by atoms with E-state index in [-0.39, 0.29) is 12.2 Å².